The van der Waals surface area contributed by atoms with Crippen molar-refractivity contribution < 1.29 is 28.1 Å². The van der Waals surface area contributed by atoms with Crippen molar-refractivity contribution in [1.82, 2.24) is 9.62 Å². The number of benzene rings is 2. The Morgan fingerprint density at radius 3 is 2.19 bits per heavy atom. The molecule has 2 atom stereocenters. The Hall–Kier alpha value is -2.08. The number of rotatable bonds is 5. The summed E-state index contributed by atoms with van der Waals surface area (Å²) >= 11 is 6.78. The van der Waals surface area contributed by atoms with Crippen LogP contribution in [0.25, 0.3) is 0 Å². The fourth-order valence-electron chi connectivity index (χ4n) is 5.71. The van der Waals surface area contributed by atoms with Crippen molar-refractivity contribution in [1.29, 1.82) is 0 Å². The summed E-state index contributed by atoms with van der Waals surface area (Å²) in [5, 5.41) is 14.7. The third-order valence-corrected chi connectivity index (χ3v) is 10.8. The van der Waals surface area contributed by atoms with Crippen molar-refractivity contribution in [2.24, 2.45) is 4.99 Å². The minimum atomic E-state index is -1.35. The van der Waals surface area contributed by atoms with Crippen molar-refractivity contribution in [3.8, 4) is 0 Å². The number of halogens is 2. The number of carbonyl (C=O) groups excluding carboxylic acids is 1. The number of nitro groups is 1. The maximum Gasteiger partial charge on any atom is 0.410 e. The molecule has 3 fully saturated rings. The average Bonchev–Trinajstić information content (AvgIpc) is 3.43. The third kappa shape index (κ3) is 8.27. The molecule has 0 saturated carbocycles. The second-order valence-electron chi connectivity index (χ2n) is 14.1. The number of nitrogens with one attached hydrogen (secondary N) is 2. The van der Waals surface area contributed by atoms with Gasteiger partial charge in [0.05, 0.1) is 58.7 Å². The molecule has 1 amide bonds. The second kappa shape index (κ2) is 14.6. The molecule has 6 rings (SSSR count). The summed E-state index contributed by atoms with van der Waals surface area (Å²) in [5.41, 5.74) is 1.05. The summed E-state index contributed by atoms with van der Waals surface area (Å²) in [6, 6.07) is 11.0. The van der Waals surface area contributed by atoms with E-state index in [9.17, 15) is 19.1 Å². The van der Waals surface area contributed by atoms with Crippen LogP contribution < -0.4 is 10.0 Å². The largest absolute Gasteiger partial charge is 0.444 e. The van der Waals surface area contributed by atoms with Gasteiger partial charge >= 0.3 is 6.09 Å². The van der Waals surface area contributed by atoms with E-state index in [1.54, 1.807) is 17.0 Å². The maximum atomic E-state index is 12.6. The highest BCUT2D eigenvalue weighted by atomic mass is 79.9. The van der Waals surface area contributed by atoms with Crippen molar-refractivity contribution >= 4 is 79.6 Å². The number of fused-ring (bicyclic) bond motifs is 2. The van der Waals surface area contributed by atoms with Gasteiger partial charge in [-0.05, 0) is 78.6 Å². The molecule has 264 valence electrons. The highest BCUT2D eigenvalue weighted by Gasteiger charge is 2.48. The first-order valence-electron chi connectivity index (χ1n) is 15.4. The molecule has 48 heavy (non-hydrogen) atoms. The average molecular weight is 834 g/mol. The lowest BCUT2D eigenvalue weighted by atomic mass is 9.85. The number of likely N-dealkylation sites (tertiary alicyclic amines) is 1. The first-order chi connectivity index (χ1) is 21.9. The van der Waals surface area contributed by atoms with E-state index in [2.05, 4.69) is 54.0 Å². The molecule has 4 aliphatic rings. The molecule has 0 aliphatic carbocycles. The van der Waals surface area contributed by atoms with Gasteiger partial charge in [-0.3, -0.25) is 20.0 Å². The Balaban J connectivity index is 0.000000218. The first kappa shape index (κ1) is 38.7. The molecule has 16 heteroatoms. The van der Waals surface area contributed by atoms with Crippen molar-refractivity contribution in [2.75, 3.05) is 38.3 Å². The zero-order chi connectivity index (χ0) is 34.4. The van der Waals surface area contributed by atoms with E-state index < -0.39 is 31.8 Å². The van der Waals surface area contributed by atoms with Crippen molar-refractivity contribution in [3.63, 3.8) is 0 Å². The first-order valence-corrected chi connectivity index (χ1v) is 18.1. The summed E-state index contributed by atoms with van der Waals surface area (Å²) in [6.07, 6.45) is 1.55. The van der Waals surface area contributed by atoms with Crippen LogP contribution in [-0.4, -0.2) is 75.3 Å². The van der Waals surface area contributed by atoms with Crippen LogP contribution in [0.2, 0.25) is 0 Å². The molecule has 0 radical (unpaired) electrons. The van der Waals surface area contributed by atoms with Crippen LogP contribution in [0.3, 0.4) is 0 Å². The molecule has 0 bridgehead atoms. The Morgan fingerprint density at radius 2 is 1.67 bits per heavy atom. The summed E-state index contributed by atoms with van der Waals surface area (Å²) in [6.45, 7) is 13.6. The van der Waals surface area contributed by atoms with E-state index in [1.165, 1.54) is 6.07 Å². The van der Waals surface area contributed by atoms with Crippen LogP contribution >= 0.6 is 45.4 Å². The number of nitrogens with zero attached hydrogens (tertiary/aromatic N) is 3. The summed E-state index contributed by atoms with van der Waals surface area (Å²) in [4.78, 5) is 30.3. The number of carbonyl (C=O) groups is 1. The van der Waals surface area contributed by atoms with Crippen LogP contribution in [0.15, 0.2) is 50.3 Å². The SMILES string of the molecule is CC(C)(C)OC(=O)N1CCC[C@H]1C1=NC2(COC2)c2ccc(Br)cc2N1.CC(C)(C)S(=O)NC1(c2ccc(Br)cc2[N+](=O)[O-])COC1.S. The molecule has 4 heterocycles. The Kier molecular flexibility index (Phi) is 11.8. The van der Waals surface area contributed by atoms with Gasteiger partial charge in [0.1, 0.15) is 22.5 Å². The quantitative estimate of drug-likeness (QED) is 0.252. The predicted molar refractivity (Wildman–Crippen MR) is 198 cm³/mol. The van der Waals surface area contributed by atoms with E-state index >= 15 is 0 Å². The number of ether oxygens (including phenoxy) is 3. The number of aliphatic imine (C=N–C) groups is 1. The minimum absolute atomic E-state index is 0. The molecular formula is C32H43Br2N5O7S2. The fraction of sp³-hybridized carbons (Fsp3) is 0.562. The lowest BCUT2D eigenvalue weighted by Crippen LogP contribution is -2.60. The molecular weight excluding hydrogens is 790 g/mol. The molecule has 2 N–H and O–H groups in total. The Labute approximate surface area is 307 Å². The molecule has 12 nitrogen and oxygen atoms in total. The number of nitro benzene ring substituents is 1. The van der Waals surface area contributed by atoms with Gasteiger partial charge in [-0.1, -0.05) is 37.9 Å². The van der Waals surface area contributed by atoms with Crippen LogP contribution in [0.5, 0.6) is 0 Å². The Bertz CT molecular complexity index is 1600. The highest BCUT2D eigenvalue weighted by molar-refractivity contribution is 9.10. The van der Waals surface area contributed by atoms with Crippen molar-refractivity contribution in [3.05, 3.63) is 66.6 Å². The van der Waals surface area contributed by atoms with Crippen molar-refractivity contribution in [2.45, 2.75) is 81.9 Å². The lowest BCUT2D eigenvalue weighted by molar-refractivity contribution is -0.386. The zero-order valence-electron chi connectivity index (χ0n) is 27.9. The molecule has 1 unspecified atom stereocenters. The maximum absolute atomic E-state index is 12.6. The van der Waals surface area contributed by atoms with Gasteiger partial charge in [0, 0.05) is 32.8 Å². The van der Waals surface area contributed by atoms with Gasteiger partial charge in [-0.15, -0.1) is 0 Å². The number of anilines is 1. The summed E-state index contributed by atoms with van der Waals surface area (Å²) < 4.78 is 32.9. The third-order valence-electron chi connectivity index (χ3n) is 8.17. The van der Waals surface area contributed by atoms with Crippen LogP contribution in [0.1, 0.15) is 65.5 Å². The van der Waals surface area contributed by atoms with Gasteiger partial charge in [0.2, 0.25) is 0 Å². The molecule has 2 aromatic rings. The molecule has 0 aromatic heterocycles. The standard InChI is InChI=1S/C19H24BrN3O3.C13H17BrN2O4S.H2S/c1-18(2,3)26-17(24)23-8-4-5-15(23)16-21-14-9-12(20)6-7-13(14)19(22-16)10-25-11-19;1-12(2,3)21(19)15-13(7-20-8-13)10-5-4-9(14)6-11(10)16(17)18;/h6-7,9,15H,4-5,8,10-11H2,1-3H3,(H,21,22);4-6,15H,7-8H2,1-3H3;1H2/t15-;;/m0../s1. The fourth-order valence-corrected chi connectivity index (χ4v) is 7.31. The van der Waals surface area contributed by atoms with Gasteiger partial charge < -0.3 is 19.5 Å². The number of hydrogen-bond donors (Lipinski definition) is 2. The van der Waals surface area contributed by atoms with Gasteiger partial charge in [-0.2, -0.15) is 13.5 Å². The van der Waals surface area contributed by atoms with Crippen LogP contribution in [0.4, 0.5) is 16.2 Å². The summed E-state index contributed by atoms with van der Waals surface area (Å²) in [5.74, 6) is 0.835. The second-order valence-corrected chi connectivity index (χ2v) is 17.9. The highest BCUT2D eigenvalue weighted by Crippen LogP contribution is 2.43. The topological polar surface area (TPSA) is 145 Å². The van der Waals surface area contributed by atoms with Crippen LogP contribution in [0, 0.1) is 10.1 Å². The normalized spacial score (nSPS) is 21.1. The number of hydrogen-bond acceptors (Lipinski definition) is 9. The van der Waals surface area contributed by atoms with Crippen LogP contribution in [-0.2, 0) is 36.3 Å². The van der Waals surface area contributed by atoms with Gasteiger partial charge in [-0.25, -0.2) is 13.7 Å². The van der Waals surface area contributed by atoms with E-state index in [4.69, 9.17) is 19.2 Å². The molecule has 2 aromatic carbocycles. The number of amides is 1. The van der Waals surface area contributed by atoms with E-state index in [1.807, 2.05) is 47.6 Å². The predicted octanol–water partition coefficient (Wildman–Crippen LogP) is 6.65. The van der Waals surface area contributed by atoms with Gasteiger partial charge in [0.25, 0.3) is 5.69 Å². The number of amidine groups is 1. The zero-order valence-corrected chi connectivity index (χ0v) is 32.8. The molecule has 4 aliphatic heterocycles. The molecule has 1 spiro atoms. The smallest absolute Gasteiger partial charge is 0.410 e. The Morgan fingerprint density at radius 1 is 1.06 bits per heavy atom. The molecule has 3 saturated heterocycles. The minimum Gasteiger partial charge on any atom is -0.444 e. The van der Waals surface area contributed by atoms with E-state index in [0.29, 0.717) is 29.8 Å². The summed E-state index contributed by atoms with van der Waals surface area (Å²) in [7, 11) is -1.35. The van der Waals surface area contributed by atoms with E-state index in [0.717, 1.165) is 34.4 Å². The lowest BCUT2D eigenvalue weighted by Gasteiger charge is -2.44. The monoisotopic (exact) mass is 831 g/mol. The van der Waals surface area contributed by atoms with Gasteiger partial charge in [0.15, 0.2) is 0 Å². The van der Waals surface area contributed by atoms with E-state index in [-0.39, 0.29) is 50.1 Å².